The molecule has 0 aromatic heterocycles. The molecule has 1 aliphatic rings. The maximum Gasteiger partial charge on any atom is 0.122 e. The third-order valence-corrected chi connectivity index (χ3v) is 3.95. The van der Waals surface area contributed by atoms with Crippen LogP contribution in [0.15, 0.2) is 18.2 Å². The van der Waals surface area contributed by atoms with Crippen LogP contribution >= 0.6 is 11.6 Å². The Kier molecular flexibility index (Phi) is 4.30. The number of rotatable bonds is 4. The summed E-state index contributed by atoms with van der Waals surface area (Å²) in [7, 11) is 3.75. The number of benzene rings is 1. The molecule has 3 heteroatoms. The number of hydrogen-bond acceptors (Lipinski definition) is 2. The third-order valence-electron chi connectivity index (χ3n) is 3.72. The van der Waals surface area contributed by atoms with Crippen LogP contribution in [0.3, 0.4) is 0 Å². The summed E-state index contributed by atoms with van der Waals surface area (Å²) in [4.78, 5) is 0. The van der Waals surface area contributed by atoms with E-state index < -0.39 is 0 Å². The van der Waals surface area contributed by atoms with Crippen molar-refractivity contribution in [3.05, 3.63) is 28.8 Å². The minimum absolute atomic E-state index is 0.580. The van der Waals surface area contributed by atoms with Gasteiger partial charge in [0.1, 0.15) is 5.75 Å². The van der Waals surface area contributed by atoms with Gasteiger partial charge in [-0.25, -0.2) is 0 Å². The highest BCUT2D eigenvalue weighted by Gasteiger charge is 2.30. The molecule has 0 radical (unpaired) electrons. The molecule has 2 unspecified atom stereocenters. The van der Waals surface area contributed by atoms with Crippen molar-refractivity contribution in [1.29, 1.82) is 0 Å². The standard InChI is InChI=1S/C14H20ClNO/c1-16-9-10-4-3-5-12(10)13-8-11(15)6-7-14(13)17-2/h6-8,10,12,16H,3-5,9H2,1-2H3. The summed E-state index contributed by atoms with van der Waals surface area (Å²) in [5, 5.41) is 4.09. The van der Waals surface area contributed by atoms with Gasteiger partial charge in [0, 0.05) is 5.02 Å². The van der Waals surface area contributed by atoms with E-state index in [-0.39, 0.29) is 0 Å². The van der Waals surface area contributed by atoms with Crippen LogP contribution in [-0.4, -0.2) is 20.7 Å². The highest BCUT2D eigenvalue weighted by molar-refractivity contribution is 6.30. The minimum atomic E-state index is 0.580. The van der Waals surface area contributed by atoms with Crippen molar-refractivity contribution in [2.75, 3.05) is 20.7 Å². The van der Waals surface area contributed by atoms with Gasteiger partial charge >= 0.3 is 0 Å². The zero-order valence-corrected chi connectivity index (χ0v) is 11.3. The molecule has 0 saturated heterocycles. The van der Waals surface area contributed by atoms with Crippen LogP contribution in [0.1, 0.15) is 30.7 Å². The average molecular weight is 254 g/mol. The largest absolute Gasteiger partial charge is 0.496 e. The van der Waals surface area contributed by atoms with E-state index in [1.54, 1.807) is 7.11 Å². The van der Waals surface area contributed by atoms with Crippen LogP contribution in [-0.2, 0) is 0 Å². The van der Waals surface area contributed by atoms with Gasteiger partial charge in [0.2, 0.25) is 0 Å². The van der Waals surface area contributed by atoms with Crippen LogP contribution < -0.4 is 10.1 Å². The summed E-state index contributed by atoms with van der Waals surface area (Å²) in [5.41, 5.74) is 1.28. The first-order chi connectivity index (χ1) is 8.26. The molecular formula is C14H20ClNO. The molecule has 0 amide bonds. The zero-order valence-electron chi connectivity index (χ0n) is 10.5. The van der Waals surface area contributed by atoms with E-state index in [9.17, 15) is 0 Å². The van der Waals surface area contributed by atoms with E-state index in [1.165, 1.54) is 24.8 Å². The monoisotopic (exact) mass is 253 g/mol. The Morgan fingerprint density at radius 3 is 2.94 bits per heavy atom. The average Bonchev–Trinajstić information content (AvgIpc) is 2.77. The van der Waals surface area contributed by atoms with Crippen molar-refractivity contribution in [1.82, 2.24) is 5.32 Å². The number of hydrogen-bond donors (Lipinski definition) is 1. The molecular weight excluding hydrogens is 234 g/mol. The van der Waals surface area contributed by atoms with Crippen molar-refractivity contribution >= 4 is 11.6 Å². The van der Waals surface area contributed by atoms with Crippen LogP contribution in [0.2, 0.25) is 5.02 Å². The smallest absolute Gasteiger partial charge is 0.122 e. The molecule has 17 heavy (non-hydrogen) atoms. The van der Waals surface area contributed by atoms with Gasteiger partial charge in [-0.2, -0.15) is 0 Å². The maximum atomic E-state index is 6.11. The van der Waals surface area contributed by atoms with Gasteiger partial charge in [-0.1, -0.05) is 18.0 Å². The second-order valence-corrected chi connectivity index (χ2v) is 5.18. The SMILES string of the molecule is CNCC1CCCC1c1cc(Cl)ccc1OC. The van der Waals surface area contributed by atoms with Gasteiger partial charge in [0.15, 0.2) is 0 Å². The van der Waals surface area contributed by atoms with Crippen LogP contribution in [0.25, 0.3) is 0 Å². The molecule has 1 fully saturated rings. The fourth-order valence-electron chi connectivity index (χ4n) is 2.95. The van der Waals surface area contributed by atoms with Gasteiger partial charge in [-0.3, -0.25) is 0 Å². The second-order valence-electron chi connectivity index (χ2n) is 4.74. The van der Waals surface area contributed by atoms with E-state index in [0.29, 0.717) is 11.8 Å². The topological polar surface area (TPSA) is 21.3 Å². The number of methoxy groups -OCH3 is 1. The van der Waals surface area contributed by atoms with E-state index in [4.69, 9.17) is 16.3 Å². The van der Waals surface area contributed by atoms with Crippen LogP contribution in [0.4, 0.5) is 0 Å². The Hall–Kier alpha value is -0.730. The molecule has 1 saturated carbocycles. The van der Waals surface area contributed by atoms with Crippen molar-refractivity contribution in [3.8, 4) is 5.75 Å². The van der Waals surface area contributed by atoms with Crippen molar-refractivity contribution < 1.29 is 4.74 Å². The predicted molar refractivity (Wildman–Crippen MR) is 72.0 cm³/mol. The third kappa shape index (κ3) is 2.75. The zero-order chi connectivity index (χ0) is 12.3. The van der Waals surface area contributed by atoms with Gasteiger partial charge in [-0.15, -0.1) is 0 Å². The fourth-order valence-corrected chi connectivity index (χ4v) is 3.13. The lowest BCUT2D eigenvalue weighted by molar-refractivity contribution is 0.392. The Morgan fingerprint density at radius 2 is 2.24 bits per heavy atom. The summed E-state index contributed by atoms with van der Waals surface area (Å²) in [5.74, 6) is 2.26. The molecule has 94 valence electrons. The minimum Gasteiger partial charge on any atom is -0.496 e. The summed E-state index contributed by atoms with van der Waals surface area (Å²) in [6.45, 7) is 1.07. The second kappa shape index (κ2) is 5.74. The number of ether oxygens (including phenoxy) is 1. The molecule has 0 aliphatic heterocycles. The predicted octanol–water partition coefficient (Wildman–Crippen LogP) is 3.45. The summed E-state index contributed by atoms with van der Waals surface area (Å²) >= 11 is 6.11. The normalized spacial score (nSPS) is 23.9. The van der Waals surface area contributed by atoms with Crippen molar-refractivity contribution in [2.45, 2.75) is 25.2 Å². The Bertz CT molecular complexity index is 380. The Balaban J connectivity index is 2.28. The van der Waals surface area contributed by atoms with Gasteiger partial charge < -0.3 is 10.1 Å². The van der Waals surface area contributed by atoms with E-state index in [1.807, 2.05) is 19.2 Å². The first-order valence-corrected chi connectivity index (χ1v) is 6.62. The van der Waals surface area contributed by atoms with Crippen LogP contribution in [0, 0.1) is 5.92 Å². The summed E-state index contributed by atoms with van der Waals surface area (Å²) in [6.07, 6.45) is 3.83. The molecule has 1 N–H and O–H groups in total. The lowest BCUT2D eigenvalue weighted by Crippen LogP contribution is -2.21. The van der Waals surface area contributed by atoms with Gasteiger partial charge in [0.05, 0.1) is 7.11 Å². The molecule has 0 bridgehead atoms. The molecule has 0 heterocycles. The van der Waals surface area contributed by atoms with E-state index in [0.717, 1.165) is 17.3 Å². The summed E-state index contributed by atoms with van der Waals surface area (Å²) < 4.78 is 5.46. The molecule has 1 aromatic carbocycles. The molecule has 2 atom stereocenters. The highest BCUT2D eigenvalue weighted by Crippen LogP contribution is 2.43. The lowest BCUT2D eigenvalue weighted by atomic mass is 9.88. The van der Waals surface area contributed by atoms with E-state index >= 15 is 0 Å². The maximum absolute atomic E-state index is 6.11. The van der Waals surface area contributed by atoms with Crippen molar-refractivity contribution in [2.24, 2.45) is 5.92 Å². The quantitative estimate of drug-likeness (QED) is 0.888. The number of halogens is 1. The summed E-state index contributed by atoms with van der Waals surface area (Å²) in [6, 6.07) is 5.94. The Morgan fingerprint density at radius 1 is 1.41 bits per heavy atom. The van der Waals surface area contributed by atoms with Gasteiger partial charge in [-0.05, 0) is 62.0 Å². The molecule has 0 spiro atoms. The molecule has 2 rings (SSSR count). The van der Waals surface area contributed by atoms with Gasteiger partial charge in [0.25, 0.3) is 0 Å². The van der Waals surface area contributed by atoms with E-state index in [2.05, 4.69) is 11.4 Å². The molecule has 1 aliphatic carbocycles. The molecule has 2 nitrogen and oxygen atoms in total. The fraction of sp³-hybridized carbons (Fsp3) is 0.571. The van der Waals surface area contributed by atoms with Crippen LogP contribution in [0.5, 0.6) is 5.75 Å². The van der Waals surface area contributed by atoms with Crippen molar-refractivity contribution in [3.63, 3.8) is 0 Å². The molecule has 1 aromatic rings. The first kappa shape index (κ1) is 12.7. The first-order valence-electron chi connectivity index (χ1n) is 6.24. The lowest BCUT2D eigenvalue weighted by Gasteiger charge is -2.22. The number of nitrogens with one attached hydrogen (secondary N) is 1. The highest BCUT2D eigenvalue weighted by atomic mass is 35.5. The Labute approximate surface area is 108 Å².